The number of aromatic amines is 1. The molecule has 0 fully saturated rings. The topological polar surface area (TPSA) is 28.7 Å². The number of halogens is 1. The van der Waals surface area contributed by atoms with Crippen LogP contribution in [0.4, 0.5) is 0 Å². The van der Waals surface area contributed by atoms with E-state index >= 15 is 0 Å². The number of hydrogen-bond acceptors (Lipinski definition) is 1. The summed E-state index contributed by atoms with van der Waals surface area (Å²) in [5.41, 5.74) is 4.92. The zero-order valence-electron chi connectivity index (χ0n) is 15.2. The Morgan fingerprint density at radius 1 is 0.741 bits per heavy atom. The second-order valence-electron chi connectivity index (χ2n) is 6.63. The van der Waals surface area contributed by atoms with Crippen molar-refractivity contribution in [3.63, 3.8) is 0 Å². The summed E-state index contributed by atoms with van der Waals surface area (Å²) < 4.78 is 0. The van der Waals surface area contributed by atoms with E-state index in [0.29, 0.717) is 5.88 Å². The number of aromatic nitrogens is 2. The fraction of sp³-hybridized carbons (Fsp3) is 0.125. The van der Waals surface area contributed by atoms with Gasteiger partial charge in [-0.3, -0.25) is 0 Å². The number of H-pyrrole nitrogens is 1. The zero-order chi connectivity index (χ0) is 18.7. The molecule has 0 spiro atoms. The molecule has 0 aliphatic carbocycles. The largest absolute Gasteiger partial charge is 0.345 e. The average molecular weight is 373 g/mol. The summed E-state index contributed by atoms with van der Waals surface area (Å²) in [6.45, 7) is 1.98. The number of hydrogen-bond donors (Lipinski definition) is 1. The van der Waals surface area contributed by atoms with Gasteiger partial charge in [0.1, 0.15) is 5.82 Å². The van der Waals surface area contributed by atoms with E-state index in [-0.39, 0.29) is 0 Å². The zero-order valence-corrected chi connectivity index (χ0v) is 15.9. The molecule has 27 heavy (non-hydrogen) atoms. The van der Waals surface area contributed by atoms with Crippen molar-refractivity contribution in [3.8, 4) is 0 Å². The van der Waals surface area contributed by atoms with E-state index in [4.69, 9.17) is 11.6 Å². The molecule has 1 heterocycles. The number of imidazole rings is 1. The standard InChI is InChI=1S/C24H21ClN2/c1-18-26-22(17-25)23(27-18)24(19-11-5-2-6-12-19,20-13-7-3-8-14-20)21-15-9-4-10-16-21/h2-16H,17H2,1H3,(H,26,27). The van der Waals surface area contributed by atoms with Crippen LogP contribution >= 0.6 is 11.6 Å². The van der Waals surface area contributed by atoms with Gasteiger partial charge in [0.15, 0.2) is 0 Å². The van der Waals surface area contributed by atoms with E-state index in [2.05, 4.69) is 82.8 Å². The van der Waals surface area contributed by atoms with E-state index in [9.17, 15) is 0 Å². The van der Waals surface area contributed by atoms with Crippen LogP contribution in [0.15, 0.2) is 91.0 Å². The smallest absolute Gasteiger partial charge is 0.103 e. The molecule has 0 atom stereocenters. The van der Waals surface area contributed by atoms with Gasteiger partial charge in [-0.15, -0.1) is 11.6 Å². The van der Waals surface area contributed by atoms with Crippen molar-refractivity contribution < 1.29 is 0 Å². The predicted octanol–water partition coefficient (Wildman–Crippen LogP) is 5.84. The summed E-state index contributed by atoms with van der Waals surface area (Å²) in [4.78, 5) is 8.22. The number of nitrogens with one attached hydrogen (secondary N) is 1. The molecule has 4 aromatic rings. The number of nitrogens with zero attached hydrogens (tertiary/aromatic N) is 1. The highest BCUT2D eigenvalue weighted by Gasteiger charge is 2.41. The maximum absolute atomic E-state index is 6.33. The maximum atomic E-state index is 6.33. The summed E-state index contributed by atoms with van der Waals surface area (Å²) in [5.74, 6) is 1.22. The molecule has 1 N–H and O–H groups in total. The number of alkyl halides is 1. The fourth-order valence-electron chi connectivity index (χ4n) is 3.94. The van der Waals surface area contributed by atoms with Gasteiger partial charge in [-0.2, -0.15) is 0 Å². The quantitative estimate of drug-likeness (QED) is 0.346. The minimum Gasteiger partial charge on any atom is -0.345 e. The second-order valence-corrected chi connectivity index (χ2v) is 6.89. The Kier molecular flexibility index (Phi) is 4.83. The molecule has 3 aromatic carbocycles. The lowest BCUT2D eigenvalue weighted by molar-refractivity contribution is 0.710. The van der Waals surface area contributed by atoms with Crippen LogP contribution in [0.5, 0.6) is 0 Å². The lowest BCUT2D eigenvalue weighted by Crippen LogP contribution is -2.32. The average Bonchev–Trinajstić information content (AvgIpc) is 3.12. The molecule has 1 aromatic heterocycles. The Bertz CT molecular complexity index is 912. The molecule has 3 heteroatoms. The second kappa shape index (κ2) is 7.42. The van der Waals surface area contributed by atoms with Crippen molar-refractivity contribution in [2.75, 3.05) is 0 Å². The van der Waals surface area contributed by atoms with Crippen molar-refractivity contribution >= 4 is 11.6 Å². The third-order valence-corrected chi connectivity index (χ3v) is 5.27. The summed E-state index contributed by atoms with van der Waals surface area (Å²) in [6.07, 6.45) is 0. The molecule has 0 saturated carbocycles. The molecule has 0 aliphatic rings. The van der Waals surface area contributed by atoms with Gasteiger partial charge in [-0.1, -0.05) is 91.0 Å². The molecule has 2 nitrogen and oxygen atoms in total. The van der Waals surface area contributed by atoms with E-state index in [0.717, 1.165) is 17.2 Å². The minimum absolute atomic E-state index is 0.355. The number of rotatable bonds is 5. The van der Waals surface area contributed by atoms with Crippen molar-refractivity contribution in [1.82, 2.24) is 9.97 Å². The lowest BCUT2D eigenvalue weighted by atomic mass is 9.67. The number of benzene rings is 3. The molecule has 0 bridgehead atoms. The van der Waals surface area contributed by atoms with Gasteiger partial charge in [-0.05, 0) is 23.6 Å². The highest BCUT2D eigenvalue weighted by Crippen LogP contribution is 2.45. The Morgan fingerprint density at radius 3 is 1.52 bits per heavy atom. The first kappa shape index (κ1) is 17.6. The van der Waals surface area contributed by atoms with Crippen LogP contribution in [0.1, 0.15) is 33.9 Å². The van der Waals surface area contributed by atoms with Gasteiger partial charge < -0.3 is 4.98 Å². The van der Waals surface area contributed by atoms with Crippen LogP contribution < -0.4 is 0 Å². The van der Waals surface area contributed by atoms with Gasteiger partial charge in [0.05, 0.1) is 22.7 Å². The normalized spacial score (nSPS) is 11.5. The Balaban J connectivity index is 2.16. The van der Waals surface area contributed by atoms with Gasteiger partial charge in [-0.25, -0.2) is 4.98 Å². The summed E-state index contributed by atoms with van der Waals surface area (Å²) >= 11 is 6.33. The van der Waals surface area contributed by atoms with E-state index in [1.165, 1.54) is 16.7 Å². The third-order valence-electron chi connectivity index (χ3n) is 5.02. The van der Waals surface area contributed by atoms with E-state index in [1.54, 1.807) is 0 Å². The first-order valence-electron chi connectivity index (χ1n) is 9.05. The van der Waals surface area contributed by atoms with Crippen molar-refractivity contribution in [1.29, 1.82) is 0 Å². The highest BCUT2D eigenvalue weighted by molar-refractivity contribution is 6.17. The Labute approximate surface area is 164 Å². The number of aryl methyl sites for hydroxylation is 1. The minimum atomic E-state index is -0.519. The first-order chi connectivity index (χ1) is 13.3. The molecule has 0 radical (unpaired) electrons. The van der Waals surface area contributed by atoms with Crippen LogP contribution in [0.3, 0.4) is 0 Å². The highest BCUT2D eigenvalue weighted by atomic mass is 35.5. The Hall–Kier alpha value is -2.84. The monoisotopic (exact) mass is 372 g/mol. The van der Waals surface area contributed by atoms with Crippen molar-refractivity contribution in [2.45, 2.75) is 18.2 Å². The molecule has 134 valence electrons. The molecule has 0 amide bonds. The molecule has 4 rings (SSSR count). The van der Waals surface area contributed by atoms with Crippen LogP contribution in [0, 0.1) is 6.92 Å². The van der Waals surface area contributed by atoms with Gasteiger partial charge >= 0.3 is 0 Å². The van der Waals surface area contributed by atoms with E-state index in [1.807, 2.05) is 25.1 Å². The van der Waals surface area contributed by atoms with Crippen LogP contribution in [-0.2, 0) is 11.3 Å². The Morgan fingerprint density at radius 2 is 1.15 bits per heavy atom. The van der Waals surface area contributed by atoms with Gasteiger partial charge in [0.2, 0.25) is 0 Å². The van der Waals surface area contributed by atoms with Crippen LogP contribution in [0.25, 0.3) is 0 Å². The van der Waals surface area contributed by atoms with Crippen molar-refractivity contribution in [3.05, 3.63) is 125 Å². The SMILES string of the molecule is Cc1nc(CCl)c(C(c2ccccc2)(c2ccccc2)c2ccccc2)[nH]1. The van der Waals surface area contributed by atoms with Crippen LogP contribution in [0.2, 0.25) is 0 Å². The van der Waals surface area contributed by atoms with Crippen molar-refractivity contribution in [2.24, 2.45) is 0 Å². The summed E-state index contributed by atoms with van der Waals surface area (Å²) in [6, 6.07) is 31.7. The lowest BCUT2D eigenvalue weighted by Gasteiger charge is -2.36. The van der Waals surface area contributed by atoms with E-state index < -0.39 is 5.41 Å². The summed E-state index contributed by atoms with van der Waals surface area (Å²) in [7, 11) is 0. The molecular formula is C24H21ClN2. The summed E-state index contributed by atoms with van der Waals surface area (Å²) in [5, 5.41) is 0. The third kappa shape index (κ3) is 2.96. The van der Waals surface area contributed by atoms with Gasteiger partial charge in [0.25, 0.3) is 0 Å². The molecule has 0 aliphatic heterocycles. The first-order valence-corrected chi connectivity index (χ1v) is 9.58. The fourth-order valence-corrected chi connectivity index (χ4v) is 4.14. The van der Waals surface area contributed by atoms with Gasteiger partial charge in [0, 0.05) is 0 Å². The molecule has 0 unspecified atom stereocenters. The van der Waals surface area contributed by atoms with Crippen LogP contribution in [-0.4, -0.2) is 9.97 Å². The maximum Gasteiger partial charge on any atom is 0.103 e. The predicted molar refractivity (Wildman–Crippen MR) is 111 cm³/mol. The molecular weight excluding hydrogens is 352 g/mol. The molecule has 0 saturated heterocycles.